The highest BCUT2D eigenvalue weighted by Crippen LogP contribution is 2.21. The van der Waals surface area contributed by atoms with Gasteiger partial charge in [-0.05, 0) is 45.0 Å². The molecule has 0 bridgehead atoms. The first-order valence-electron chi connectivity index (χ1n) is 7.04. The van der Waals surface area contributed by atoms with Crippen LogP contribution in [0.25, 0.3) is 0 Å². The zero-order chi connectivity index (χ0) is 17.1. The standard InChI is InChI=1S/C16H19N3O3S/c1-16(2,3)23(21,22)19-15(20)12-8-4-5-9-13(12)18-14-10-6-7-11-17-14/h4-11H,1-3H3,(H,17,18)(H,19,20). The molecular formula is C16H19N3O3S. The third-order valence-corrected chi connectivity index (χ3v) is 5.20. The topological polar surface area (TPSA) is 88.2 Å². The van der Waals surface area contributed by atoms with Crippen molar-refractivity contribution in [3.63, 3.8) is 0 Å². The monoisotopic (exact) mass is 333 g/mol. The van der Waals surface area contributed by atoms with Crippen LogP contribution in [0.2, 0.25) is 0 Å². The molecule has 23 heavy (non-hydrogen) atoms. The summed E-state index contributed by atoms with van der Waals surface area (Å²) in [6.07, 6.45) is 1.62. The molecule has 0 spiro atoms. The number of benzene rings is 1. The predicted octanol–water partition coefficient (Wildman–Crippen LogP) is 2.68. The molecule has 0 unspecified atom stereocenters. The van der Waals surface area contributed by atoms with Crippen molar-refractivity contribution in [3.8, 4) is 0 Å². The smallest absolute Gasteiger partial charge is 0.266 e. The van der Waals surface area contributed by atoms with E-state index in [9.17, 15) is 13.2 Å². The Morgan fingerprint density at radius 1 is 1.04 bits per heavy atom. The van der Waals surface area contributed by atoms with Crippen molar-refractivity contribution in [2.75, 3.05) is 5.32 Å². The fourth-order valence-electron chi connectivity index (χ4n) is 1.69. The average Bonchev–Trinajstić information content (AvgIpc) is 2.47. The largest absolute Gasteiger partial charge is 0.340 e. The number of aromatic nitrogens is 1. The molecular weight excluding hydrogens is 314 g/mol. The number of para-hydroxylation sites is 1. The van der Waals surface area contributed by atoms with Gasteiger partial charge < -0.3 is 5.32 Å². The molecule has 0 aliphatic heterocycles. The lowest BCUT2D eigenvalue weighted by Gasteiger charge is -2.20. The molecule has 6 nitrogen and oxygen atoms in total. The quantitative estimate of drug-likeness (QED) is 0.898. The van der Waals surface area contributed by atoms with E-state index in [0.29, 0.717) is 11.5 Å². The minimum atomic E-state index is -3.78. The predicted molar refractivity (Wildman–Crippen MR) is 90.1 cm³/mol. The summed E-state index contributed by atoms with van der Waals surface area (Å²) in [6.45, 7) is 4.59. The highest BCUT2D eigenvalue weighted by atomic mass is 32.2. The molecule has 1 aromatic heterocycles. The number of hydrogen-bond acceptors (Lipinski definition) is 5. The fraction of sp³-hybridized carbons (Fsp3) is 0.250. The third kappa shape index (κ3) is 4.07. The number of anilines is 2. The summed E-state index contributed by atoms with van der Waals surface area (Å²) in [7, 11) is -3.78. The Balaban J connectivity index is 2.29. The number of rotatable bonds is 4. The van der Waals surface area contributed by atoms with Gasteiger partial charge in [0.15, 0.2) is 0 Å². The van der Waals surface area contributed by atoms with Crippen LogP contribution in [0.3, 0.4) is 0 Å². The summed E-state index contributed by atoms with van der Waals surface area (Å²) >= 11 is 0. The molecule has 0 aliphatic carbocycles. The maximum absolute atomic E-state index is 12.4. The molecule has 0 radical (unpaired) electrons. The zero-order valence-corrected chi connectivity index (χ0v) is 14.0. The summed E-state index contributed by atoms with van der Waals surface area (Å²) in [5.41, 5.74) is 0.707. The normalized spacial score (nSPS) is 11.8. The molecule has 1 aromatic carbocycles. The lowest BCUT2D eigenvalue weighted by molar-refractivity contribution is 0.0981. The Bertz CT molecular complexity index is 797. The molecule has 0 saturated heterocycles. The van der Waals surface area contributed by atoms with Crippen LogP contribution in [0.1, 0.15) is 31.1 Å². The van der Waals surface area contributed by atoms with E-state index in [4.69, 9.17) is 0 Å². The highest BCUT2D eigenvalue weighted by Gasteiger charge is 2.31. The van der Waals surface area contributed by atoms with Crippen molar-refractivity contribution in [3.05, 3.63) is 54.2 Å². The Hall–Kier alpha value is -2.41. The maximum atomic E-state index is 12.4. The van der Waals surface area contributed by atoms with Crippen LogP contribution in [-0.2, 0) is 10.0 Å². The van der Waals surface area contributed by atoms with Crippen LogP contribution in [0.5, 0.6) is 0 Å². The van der Waals surface area contributed by atoms with E-state index in [1.54, 1.807) is 42.6 Å². The molecule has 0 aliphatic rings. The number of sulfonamides is 1. The Kier molecular flexibility index (Phi) is 4.70. The van der Waals surface area contributed by atoms with Gasteiger partial charge in [0.1, 0.15) is 5.82 Å². The SMILES string of the molecule is CC(C)(C)S(=O)(=O)NC(=O)c1ccccc1Nc1ccccn1. The van der Waals surface area contributed by atoms with E-state index in [0.717, 1.165) is 0 Å². The number of pyridine rings is 1. The van der Waals surface area contributed by atoms with Crippen LogP contribution in [-0.4, -0.2) is 24.1 Å². The summed E-state index contributed by atoms with van der Waals surface area (Å²) in [4.78, 5) is 16.5. The number of nitrogens with one attached hydrogen (secondary N) is 2. The lowest BCUT2D eigenvalue weighted by atomic mass is 10.1. The van der Waals surface area contributed by atoms with Crippen LogP contribution < -0.4 is 10.0 Å². The van der Waals surface area contributed by atoms with Crippen molar-refractivity contribution >= 4 is 27.4 Å². The summed E-state index contributed by atoms with van der Waals surface area (Å²) in [6, 6.07) is 12.0. The molecule has 0 fully saturated rings. The Morgan fingerprint density at radius 3 is 2.30 bits per heavy atom. The van der Waals surface area contributed by atoms with E-state index < -0.39 is 20.7 Å². The number of hydrogen-bond donors (Lipinski definition) is 2. The number of carbonyl (C=O) groups is 1. The van der Waals surface area contributed by atoms with Crippen molar-refractivity contribution in [2.24, 2.45) is 0 Å². The zero-order valence-electron chi connectivity index (χ0n) is 13.2. The molecule has 2 aromatic rings. The van der Waals surface area contributed by atoms with E-state index in [1.165, 1.54) is 20.8 Å². The van der Waals surface area contributed by atoms with Gasteiger partial charge in [0.05, 0.1) is 16.0 Å². The van der Waals surface area contributed by atoms with Gasteiger partial charge in [-0.3, -0.25) is 4.79 Å². The van der Waals surface area contributed by atoms with E-state index >= 15 is 0 Å². The van der Waals surface area contributed by atoms with E-state index in [-0.39, 0.29) is 5.56 Å². The summed E-state index contributed by atoms with van der Waals surface area (Å²) in [5.74, 6) is -0.120. The summed E-state index contributed by atoms with van der Waals surface area (Å²) < 4.78 is 25.3. The van der Waals surface area contributed by atoms with Gasteiger partial charge in [-0.1, -0.05) is 18.2 Å². The van der Waals surface area contributed by atoms with Gasteiger partial charge in [0.25, 0.3) is 5.91 Å². The van der Waals surface area contributed by atoms with Crippen molar-refractivity contribution in [1.82, 2.24) is 9.71 Å². The van der Waals surface area contributed by atoms with Crippen molar-refractivity contribution in [2.45, 2.75) is 25.5 Å². The van der Waals surface area contributed by atoms with Gasteiger partial charge >= 0.3 is 0 Å². The van der Waals surface area contributed by atoms with Gasteiger partial charge in [0.2, 0.25) is 10.0 Å². The first-order valence-corrected chi connectivity index (χ1v) is 8.53. The van der Waals surface area contributed by atoms with E-state index in [1.807, 2.05) is 6.07 Å². The molecule has 0 saturated carbocycles. The molecule has 7 heteroatoms. The van der Waals surface area contributed by atoms with Gasteiger partial charge in [-0.25, -0.2) is 18.1 Å². The Morgan fingerprint density at radius 2 is 1.70 bits per heavy atom. The van der Waals surface area contributed by atoms with Gasteiger partial charge in [0, 0.05) is 6.20 Å². The van der Waals surface area contributed by atoms with Crippen molar-refractivity contribution < 1.29 is 13.2 Å². The minimum absolute atomic E-state index is 0.228. The van der Waals surface area contributed by atoms with Crippen molar-refractivity contribution in [1.29, 1.82) is 0 Å². The highest BCUT2D eigenvalue weighted by molar-refractivity contribution is 7.91. The molecule has 0 atom stereocenters. The van der Waals surface area contributed by atoms with Crippen LogP contribution in [0.4, 0.5) is 11.5 Å². The van der Waals surface area contributed by atoms with Gasteiger partial charge in [-0.15, -0.1) is 0 Å². The second kappa shape index (κ2) is 6.37. The first-order chi connectivity index (χ1) is 10.7. The van der Waals surface area contributed by atoms with Crippen LogP contribution >= 0.6 is 0 Å². The minimum Gasteiger partial charge on any atom is -0.340 e. The lowest BCUT2D eigenvalue weighted by Crippen LogP contribution is -2.42. The average molecular weight is 333 g/mol. The van der Waals surface area contributed by atoms with Crippen LogP contribution in [0, 0.1) is 0 Å². The van der Waals surface area contributed by atoms with E-state index in [2.05, 4.69) is 15.0 Å². The van der Waals surface area contributed by atoms with Crippen LogP contribution in [0.15, 0.2) is 48.7 Å². The number of nitrogens with zero attached hydrogens (tertiary/aromatic N) is 1. The second-order valence-electron chi connectivity index (χ2n) is 5.93. The molecule has 1 heterocycles. The van der Waals surface area contributed by atoms with Gasteiger partial charge in [-0.2, -0.15) is 0 Å². The molecule has 2 rings (SSSR count). The Labute approximate surface area is 136 Å². The molecule has 122 valence electrons. The molecule has 1 amide bonds. The fourth-order valence-corrected chi connectivity index (χ4v) is 2.36. The molecule has 2 N–H and O–H groups in total. The first kappa shape index (κ1) is 17.0. The third-order valence-electron chi connectivity index (χ3n) is 3.13. The summed E-state index contributed by atoms with van der Waals surface area (Å²) in [5, 5.41) is 3.01. The number of amides is 1. The maximum Gasteiger partial charge on any atom is 0.266 e. The number of carbonyl (C=O) groups excluding carboxylic acids is 1. The second-order valence-corrected chi connectivity index (χ2v) is 8.37.